The maximum atomic E-state index is 13.0. The number of para-hydroxylation sites is 1. The van der Waals surface area contributed by atoms with E-state index in [4.69, 9.17) is 0 Å². The molecule has 0 radical (unpaired) electrons. The van der Waals surface area contributed by atoms with Gasteiger partial charge in [-0.25, -0.2) is 4.98 Å². The third-order valence-corrected chi connectivity index (χ3v) is 5.17. The highest BCUT2D eigenvalue weighted by atomic mass is 32.1. The van der Waals surface area contributed by atoms with E-state index in [1.807, 2.05) is 13.8 Å². The second-order valence-corrected chi connectivity index (χ2v) is 7.41. The Balaban J connectivity index is 1.64. The van der Waals surface area contributed by atoms with Gasteiger partial charge >= 0.3 is 6.18 Å². The number of benzene rings is 2. The van der Waals surface area contributed by atoms with E-state index in [0.717, 1.165) is 22.2 Å². The van der Waals surface area contributed by atoms with Gasteiger partial charge in [0.15, 0.2) is 5.13 Å². The van der Waals surface area contributed by atoms with Crippen LogP contribution in [0.3, 0.4) is 0 Å². The predicted octanol–water partition coefficient (Wildman–Crippen LogP) is 5.64. The molecule has 0 aliphatic heterocycles. The van der Waals surface area contributed by atoms with Crippen LogP contribution in [0, 0.1) is 13.8 Å². The molecule has 1 aromatic heterocycles. The van der Waals surface area contributed by atoms with E-state index in [9.17, 15) is 18.0 Å². The molecule has 1 heterocycles. The van der Waals surface area contributed by atoms with Gasteiger partial charge in [0.2, 0.25) is 0 Å². The zero-order valence-corrected chi connectivity index (χ0v) is 16.0. The number of nitrogens with zero attached hydrogens (tertiary/aromatic N) is 1. The predicted molar refractivity (Wildman–Crippen MR) is 105 cm³/mol. The molecule has 0 fully saturated rings. The standard InChI is InChI=1S/C20H18F3N3OS/c1-12-13(2)28-19(25-12)26-18(27)15-9-7-14(8-10-15)11-24-17-6-4-3-5-16(17)20(21,22)23/h3-10,24H,11H2,1-2H3,(H,25,26,27). The van der Waals surface area contributed by atoms with E-state index in [1.165, 1.54) is 23.5 Å². The third-order valence-electron chi connectivity index (χ3n) is 4.18. The minimum atomic E-state index is -4.42. The molecule has 8 heteroatoms. The highest BCUT2D eigenvalue weighted by Crippen LogP contribution is 2.34. The van der Waals surface area contributed by atoms with Crippen molar-refractivity contribution in [2.24, 2.45) is 0 Å². The van der Waals surface area contributed by atoms with Gasteiger partial charge in [-0.2, -0.15) is 13.2 Å². The molecule has 1 amide bonds. The topological polar surface area (TPSA) is 54.0 Å². The maximum absolute atomic E-state index is 13.0. The lowest BCUT2D eigenvalue weighted by Gasteiger charge is -2.14. The van der Waals surface area contributed by atoms with E-state index in [-0.39, 0.29) is 18.1 Å². The molecule has 3 aromatic rings. The van der Waals surface area contributed by atoms with Gasteiger partial charge < -0.3 is 5.32 Å². The summed E-state index contributed by atoms with van der Waals surface area (Å²) in [7, 11) is 0. The zero-order valence-electron chi connectivity index (χ0n) is 15.2. The lowest BCUT2D eigenvalue weighted by atomic mass is 10.1. The van der Waals surface area contributed by atoms with Crippen LogP contribution in [0.2, 0.25) is 0 Å². The number of nitrogens with one attached hydrogen (secondary N) is 2. The van der Waals surface area contributed by atoms with Gasteiger partial charge in [0, 0.05) is 22.7 Å². The number of hydrogen-bond acceptors (Lipinski definition) is 4. The smallest absolute Gasteiger partial charge is 0.380 e. The number of carbonyl (C=O) groups is 1. The number of alkyl halides is 3. The number of aryl methyl sites for hydroxylation is 2. The average molecular weight is 405 g/mol. The molecule has 2 N–H and O–H groups in total. The van der Waals surface area contributed by atoms with E-state index < -0.39 is 11.7 Å². The minimum Gasteiger partial charge on any atom is -0.380 e. The van der Waals surface area contributed by atoms with Crippen molar-refractivity contribution in [1.29, 1.82) is 0 Å². The largest absolute Gasteiger partial charge is 0.418 e. The van der Waals surface area contributed by atoms with Crippen molar-refractivity contribution in [3.8, 4) is 0 Å². The Labute approximate surface area is 164 Å². The van der Waals surface area contributed by atoms with E-state index in [0.29, 0.717) is 10.7 Å². The average Bonchev–Trinajstić information content (AvgIpc) is 2.97. The van der Waals surface area contributed by atoms with Crippen LogP contribution in [-0.2, 0) is 12.7 Å². The van der Waals surface area contributed by atoms with E-state index in [2.05, 4.69) is 15.6 Å². The maximum Gasteiger partial charge on any atom is 0.418 e. The van der Waals surface area contributed by atoms with Gasteiger partial charge in [0.1, 0.15) is 0 Å². The fraction of sp³-hybridized carbons (Fsp3) is 0.200. The monoisotopic (exact) mass is 405 g/mol. The van der Waals surface area contributed by atoms with Gasteiger partial charge in [-0.1, -0.05) is 24.3 Å². The molecule has 0 saturated heterocycles. The molecular weight excluding hydrogens is 387 g/mol. The summed E-state index contributed by atoms with van der Waals surface area (Å²) in [6, 6.07) is 12.0. The fourth-order valence-electron chi connectivity index (χ4n) is 2.55. The first kappa shape index (κ1) is 19.9. The van der Waals surface area contributed by atoms with E-state index in [1.54, 1.807) is 30.3 Å². The number of anilines is 2. The lowest BCUT2D eigenvalue weighted by Crippen LogP contribution is -2.12. The number of amides is 1. The molecule has 0 spiro atoms. The van der Waals surface area contributed by atoms with Crippen LogP contribution < -0.4 is 10.6 Å². The Kier molecular flexibility index (Phi) is 5.69. The normalized spacial score (nSPS) is 11.3. The van der Waals surface area contributed by atoms with Crippen molar-refractivity contribution >= 4 is 28.1 Å². The summed E-state index contributed by atoms with van der Waals surface area (Å²) < 4.78 is 39.1. The Bertz CT molecular complexity index is 962. The third kappa shape index (κ3) is 4.69. The molecule has 4 nitrogen and oxygen atoms in total. The molecule has 0 bridgehead atoms. The fourth-order valence-corrected chi connectivity index (χ4v) is 3.36. The highest BCUT2D eigenvalue weighted by Gasteiger charge is 2.33. The number of rotatable bonds is 5. The summed E-state index contributed by atoms with van der Waals surface area (Å²) in [4.78, 5) is 17.6. The van der Waals surface area contributed by atoms with Crippen LogP contribution in [0.5, 0.6) is 0 Å². The molecule has 0 atom stereocenters. The van der Waals surface area contributed by atoms with Crippen LogP contribution in [0.15, 0.2) is 48.5 Å². The first-order valence-electron chi connectivity index (χ1n) is 8.48. The van der Waals surface area contributed by atoms with Gasteiger partial charge in [0.05, 0.1) is 11.3 Å². The molecule has 0 unspecified atom stereocenters. The number of aromatic nitrogens is 1. The van der Waals surface area contributed by atoms with Gasteiger partial charge in [-0.05, 0) is 43.7 Å². The summed E-state index contributed by atoms with van der Waals surface area (Å²) in [6.45, 7) is 4.02. The molecular formula is C20H18F3N3OS. The molecule has 146 valence electrons. The van der Waals surface area contributed by atoms with Crippen molar-refractivity contribution in [2.45, 2.75) is 26.6 Å². The Morgan fingerprint density at radius 1 is 1.07 bits per heavy atom. The molecule has 0 saturated carbocycles. The Hall–Kier alpha value is -2.87. The first-order valence-corrected chi connectivity index (χ1v) is 9.30. The zero-order chi connectivity index (χ0) is 20.3. The highest BCUT2D eigenvalue weighted by molar-refractivity contribution is 7.15. The van der Waals surface area contributed by atoms with Crippen molar-refractivity contribution < 1.29 is 18.0 Å². The van der Waals surface area contributed by atoms with Crippen LogP contribution in [0.25, 0.3) is 0 Å². The lowest BCUT2D eigenvalue weighted by molar-refractivity contribution is -0.137. The van der Waals surface area contributed by atoms with Crippen molar-refractivity contribution in [2.75, 3.05) is 10.6 Å². The number of halogens is 3. The SMILES string of the molecule is Cc1nc(NC(=O)c2ccc(CNc3ccccc3C(F)(F)F)cc2)sc1C. The molecule has 2 aromatic carbocycles. The number of hydrogen-bond donors (Lipinski definition) is 2. The quantitative estimate of drug-likeness (QED) is 0.577. The minimum absolute atomic E-state index is 0.0197. The van der Waals surface area contributed by atoms with Gasteiger partial charge in [-0.3, -0.25) is 10.1 Å². The van der Waals surface area contributed by atoms with Crippen molar-refractivity contribution in [1.82, 2.24) is 4.98 Å². The van der Waals surface area contributed by atoms with Crippen LogP contribution >= 0.6 is 11.3 Å². The van der Waals surface area contributed by atoms with Crippen molar-refractivity contribution in [3.05, 3.63) is 75.8 Å². The van der Waals surface area contributed by atoms with Crippen molar-refractivity contribution in [3.63, 3.8) is 0 Å². The van der Waals surface area contributed by atoms with Gasteiger partial charge in [0.25, 0.3) is 5.91 Å². The number of carbonyl (C=O) groups excluding carboxylic acids is 1. The summed E-state index contributed by atoms with van der Waals surface area (Å²) in [5.41, 5.74) is 1.40. The summed E-state index contributed by atoms with van der Waals surface area (Å²) in [5.74, 6) is -0.282. The second-order valence-electron chi connectivity index (χ2n) is 6.21. The Morgan fingerprint density at radius 3 is 2.36 bits per heavy atom. The first-order chi connectivity index (χ1) is 13.2. The summed E-state index contributed by atoms with van der Waals surface area (Å²) >= 11 is 1.40. The van der Waals surface area contributed by atoms with Crippen LogP contribution in [0.1, 0.15) is 32.1 Å². The van der Waals surface area contributed by atoms with E-state index >= 15 is 0 Å². The number of thiazole rings is 1. The van der Waals surface area contributed by atoms with Crippen LogP contribution in [0.4, 0.5) is 24.0 Å². The van der Waals surface area contributed by atoms with Crippen LogP contribution in [-0.4, -0.2) is 10.9 Å². The molecule has 0 aliphatic carbocycles. The molecule has 0 aliphatic rings. The molecule has 3 rings (SSSR count). The van der Waals surface area contributed by atoms with Gasteiger partial charge in [-0.15, -0.1) is 11.3 Å². The summed E-state index contributed by atoms with van der Waals surface area (Å²) in [5, 5.41) is 6.09. The Morgan fingerprint density at radius 2 is 1.75 bits per heavy atom. The second kappa shape index (κ2) is 8.02. The summed E-state index contributed by atoms with van der Waals surface area (Å²) in [6.07, 6.45) is -4.42. The molecule has 28 heavy (non-hydrogen) atoms.